The van der Waals surface area contributed by atoms with Crippen LogP contribution in [0.2, 0.25) is 0 Å². The Morgan fingerprint density at radius 3 is 2.76 bits per heavy atom. The summed E-state index contributed by atoms with van der Waals surface area (Å²) in [7, 11) is 1.60. The van der Waals surface area contributed by atoms with Gasteiger partial charge in [0, 0.05) is 31.7 Å². The molecule has 0 saturated heterocycles. The highest BCUT2D eigenvalue weighted by Crippen LogP contribution is 2.38. The van der Waals surface area contributed by atoms with Crippen molar-refractivity contribution < 1.29 is 27.4 Å². The Morgan fingerprint density at radius 1 is 1.24 bits per heavy atom. The molecule has 178 valence electrons. The Hall–Kier alpha value is -2.92. The molecule has 11 heteroatoms. The van der Waals surface area contributed by atoms with Gasteiger partial charge in [-0.15, -0.1) is 0 Å². The molecule has 1 saturated carbocycles. The molecule has 2 atom stereocenters. The molecule has 0 unspecified atom stereocenters. The van der Waals surface area contributed by atoms with Crippen molar-refractivity contribution in [1.29, 1.82) is 0 Å². The molecule has 0 aliphatic heterocycles. The number of methoxy groups -OCH3 is 1. The first-order valence-electron chi connectivity index (χ1n) is 10.7. The molecule has 0 spiro atoms. The summed E-state index contributed by atoms with van der Waals surface area (Å²) in [6.07, 6.45) is -0.889. The quantitative estimate of drug-likeness (QED) is 0.424. The van der Waals surface area contributed by atoms with Crippen LogP contribution in [0.1, 0.15) is 30.7 Å². The molecule has 3 heterocycles. The number of nitrogens with zero attached hydrogens (tertiary/aromatic N) is 3. The number of nitrogens with one attached hydrogen (secondary N) is 2. The summed E-state index contributed by atoms with van der Waals surface area (Å²) in [5.41, 5.74) is 0.441. The SMILES string of the molecule is COCCNc1nc(C)c(-c2cc3cc(C(F)(F)F)ncc3o2)c(N[C@H]2CC[C@@H](CO)C2)n1. The number of aromatic nitrogens is 3. The monoisotopic (exact) mass is 465 g/mol. The van der Waals surface area contributed by atoms with Gasteiger partial charge in [0.1, 0.15) is 17.3 Å². The molecule has 3 aromatic rings. The zero-order chi connectivity index (χ0) is 23.6. The number of alkyl halides is 3. The number of rotatable bonds is 8. The van der Waals surface area contributed by atoms with Crippen LogP contribution in [0, 0.1) is 12.8 Å². The zero-order valence-corrected chi connectivity index (χ0v) is 18.4. The minimum atomic E-state index is -4.54. The Balaban J connectivity index is 1.72. The normalized spacial score (nSPS) is 18.7. The molecule has 3 aromatic heterocycles. The van der Waals surface area contributed by atoms with E-state index in [0.29, 0.717) is 47.3 Å². The fourth-order valence-electron chi connectivity index (χ4n) is 4.11. The molecule has 33 heavy (non-hydrogen) atoms. The smallest absolute Gasteiger partial charge is 0.433 e. The van der Waals surface area contributed by atoms with E-state index in [2.05, 4.69) is 25.6 Å². The number of halogens is 3. The molecule has 0 amide bonds. The van der Waals surface area contributed by atoms with E-state index < -0.39 is 11.9 Å². The van der Waals surface area contributed by atoms with E-state index in [0.717, 1.165) is 31.5 Å². The van der Waals surface area contributed by atoms with Crippen LogP contribution in [0.3, 0.4) is 0 Å². The predicted octanol–water partition coefficient (Wildman–Crippen LogP) is 4.24. The standard InChI is InChI=1S/C22H26F3N5O3/c1-12-19(16-8-14-9-18(22(23,24)25)27-10-17(14)33-16)20(29-15-4-3-13(7-15)11-31)30-21(28-12)26-5-6-32-2/h8-10,13,15,31H,3-7,11H2,1-2H3,(H2,26,28,29,30)/t13-,15+/m1/s1. The van der Waals surface area contributed by atoms with Crippen molar-refractivity contribution in [3.05, 3.63) is 29.7 Å². The van der Waals surface area contributed by atoms with E-state index in [1.165, 1.54) is 0 Å². The van der Waals surface area contributed by atoms with E-state index in [-0.39, 0.29) is 24.1 Å². The number of aliphatic hydroxyl groups excluding tert-OH is 1. The van der Waals surface area contributed by atoms with Gasteiger partial charge in [0.05, 0.1) is 24.1 Å². The molecular formula is C22H26F3N5O3. The van der Waals surface area contributed by atoms with Crippen molar-refractivity contribution in [2.24, 2.45) is 5.92 Å². The van der Waals surface area contributed by atoms with E-state index >= 15 is 0 Å². The van der Waals surface area contributed by atoms with Gasteiger partial charge in [-0.3, -0.25) is 0 Å². The van der Waals surface area contributed by atoms with Gasteiger partial charge >= 0.3 is 6.18 Å². The molecule has 0 radical (unpaired) electrons. The van der Waals surface area contributed by atoms with E-state index in [4.69, 9.17) is 9.15 Å². The van der Waals surface area contributed by atoms with Gasteiger partial charge in [-0.05, 0) is 44.2 Å². The van der Waals surface area contributed by atoms with Crippen LogP contribution < -0.4 is 10.6 Å². The van der Waals surface area contributed by atoms with Crippen LogP contribution in [-0.4, -0.2) is 53.0 Å². The largest absolute Gasteiger partial charge is 0.454 e. The Morgan fingerprint density at radius 2 is 2.06 bits per heavy atom. The first-order valence-corrected chi connectivity index (χ1v) is 10.7. The molecule has 1 aliphatic carbocycles. The average molecular weight is 465 g/mol. The Labute approximate surface area is 188 Å². The van der Waals surface area contributed by atoms with Crippen LogP contribution in [0.25, 0.3) is 22.3 Å². The number of aryl methyl sites for hydroxylation is 1. The maximum atomic E-state index is 13.1. The number of anilines is 2. The van der Waals surface area contributed by atoms with Crippen LogP contribution in [0.4, 0.5) is 24.9 Å². The van der Waals surface area contributed by atoms with Gasteiger partial charge in [-0.25, -0.2) is 9.97 Å². The molecular weight excluding hydrogens is 439 g/mol. The van der Waals surface area contributed by atoms with E-state index in [1.54, 1.807) is 20.1 Å². The number of hydrogen-bond donors (Lipinski definition) is 3. The van der Waals surface area contributed by atoms with Gasteiger partial charge in [0.15, 0.2) is 5.58 Å². The van der Waals surface area contributed by atoms with Gasteiger partial charge in [0.2, 0.25) is 5.95 Å². The van der Waals surface area contributed by atoms with Gasteiger partial charge < -0.3 is 24.9 Å². The van der Waals surface area contributed by atoms with Crippen molar-refractivity contribution in [2.75, 3.05) is 37.5 Å². The molecule has 3 N–H and O–H groups in total. The number of hydrogen-bond acceptors (Lipinski definition) is 8. The third-order valence-corrected chi connectivity index (χ3v) is 5.76. The average Bonchev–Trinajstić information content (AvgIpc) is 3.39. The summed E-state index contributed by atoms with van der Waals surface area (Å²) < 4.78 is 50.1. The van der Waals surface area contributed by atoms with E-state index in [9.17, 15) is 18.3 Å². The summed E-state index contributed by atoms with van der Waals surface area (Å²) in [4.78, 5) is 12.6. The Bertz CT molecular complexity index is 1120. The molecule has 1 fully saturated rings. The van der Waals surface area contributed by atoms with Crippen molar-refractivity contribution in [3.63, 3.8) is 0 Å². The second-order valence-corrected chi connectivity index (χ2v) is 8.19. The van der Waals surface area contributed by atoms with Crippen molar-refractivity contribution >= 4 is 22.7 Å². The minimum Gasteiger partial charge on any atom is -0.454 e. The number of pyridine rings is 1. The van der Waals surface area contributed by atoms with E-state index in [1.807, 2.05) is 0 Å². The van der Waals surface area contributed by atoms with Crippen LogP contribution >= 0.6 is 0 Å². The molecule has 1 aliphatic rings. The fraction of sp³-hybridized carbons (Fsp3) is 0.500. The molecule has 0 aromatic carbocycles. The van der Waals surface area contributed by atoms with Gasteiger partial charge in [-0.2, -0.15) is 18.2 Å². The summed E-state index contributed by atoms with van der Waals surface area (Å²) >= 11 is 0. The number of aliphatic hydroxyl groups is 1. The number of fused-ring (bicyclic) bond motifs is 1. The topological polar surface area (TPSA) is 105 Å². The maximum absolute atomic E-state index is 13.1. The van der Waals surface area contributed by atoms with Gasteiger partial charge in [0.25, 0.3) is 0 Å². The zero-order valence-electron chi connectivity index (χ0n) is 18.4. The maximum Gasteiger partial charge on any atom is 0.433 e. The lowest BCUT2D eigenvalue weighted by atomic mass is 10.1. The summed E-state index contributed by atoms with van der Waals surface area (Å²) in [6, 6.07) is 2.62. The van der Waals surface area contributed by atoms with Crippen molar-refractivity contribution in [3.8, 4) is 11.3 Å². The van der Waals surface area contributed by atoms with Crippen LogP contribution in [0.15, 0.2) is 22.7 Å². The number of ether oxygens (including phenoxy) is 1. The fourth-order valence-corrected chi connectivity index (χ4v) is 4.11. The first-order chi connectivity index (χ1) is 15.8. The lowest BCUT2D eigenvalue weighted by molar-refractivity contribution is -0.141. The summed E-state index contributed by atoms with van der Waals surface area (Å²) in [6.45, 7) is 2.92. The highest BCUT2D eigenvalue weighted by atomic mass is 19.4. The third-order valence-electron chi connectivity index (χ3n) is 5.76. The highest BCUT2D eigenvalue weighted by Gasteiger charge is 2.33. The Kier molecular flexibility index (Phi) is 6.71. The van der Waals surface area contributed by atoms with Crippen molar-refractivity contribution in [1.82, 2.24) is 15.0 Å². The minimum absolute atomic E-state index is 0.102. The highest BCUT2D eigenvalue weighted by molar-refractivity contribution is 5.86. The third kappa shape index (κ3) is 5.19. The lowest BCUT2D eigenvalue weighted by Gasteiger charge is -2.18. The second-order valence-electron chi connectivity index (χ2n) is 8.19. The number of furan rings is 1. The first kappa shape index (κ1) is 23.2. The van der Waals surface area contributed by atoms with Crippen LogP contribution in [0.5, 0.6) is 0 Å². The van der Waals surface area contributed by atoms with Crippen LogP contribution in [-0.2, 0) is 10.9 Å². The summed E-state index contributed by atoms with van der Waals surface area (Å²) in [5.74, 6) is 1.51. The van der Waals surface area contributed by atoms with Gasteiger partial charge in [-0.1, -0.05) is 0 Å². The molecule has 0 bridgehead atoms. The molecule has 8 nitrogen and oxygen atoms in total. The summed E-state index contributed by atoms with van der Waals surface area (Å²) in [5, 5.41) is 16.3. The predicted molar refractivity (Wildman–Crippen MR) is 117 cm³/mol. The lowest BCUT2D eigenvalue weighted by Crippen LogP contribution is -2.19. The second kappa shape index (κ2) is 9.52. The van der Waals surface area contributed by atoms with Crippen molar-refractivity contribution in [2.45, 2.75) is 38.4 Å². The molecule has 4 rings (SSSR count).